The highest BCUT2D eigenvalue weighted by Crippen LogP contribution is 2.32. The topological polar surface area (TPSA) is 72.5 Å². The SMILES string of the molecule is CC(=O)Nc1ccc(S(=O)(=O)Oc2ccc(C(C)(C)c3ccccc3)cc2)cc1. The van der Waals surface area contributed by atoms with Crippen LogP contribution >= 0.6 is 0 Å². The summed E-state index contributed by atoms with van der Waals surface area (Å²) in [6, 6.07) is 23.0. The average Bonchev–Trinajstić information content (AvgIpc) is 2.69. The van der Waals surface area contributed by atoms with Crippen LogP contribution in [-0.2, 0) is 20.3 Å². The Labute approximate surface area is 171 Å². The maximum atomic E-state index is 12.5. The Kier molecular flexibility index (Phi) is 5.75. The van der Waals surface area contributed by atoms with Gasteiger partial charge >= 0.3 is 10.1 Å². The van der Waals surface area contributed by atoms with Gasteiger partial charge in [-0.2, -0.15) is 8.42 Å². The summed E-state index contributed by atoms with van der Waals surface area (Å²) in [7, 11) is -3.97. The normalized spacial score (nSPS) is 11.7. The molecule has 3 aromatic rings. The van der Waals surface area contributed by atoms with Crippen LogP contribution < -0.4 is 9.50 Å². The summed E-state index contributed by atoms with van der Waals surface area (Å²) in [5.74, 6) is 0.0129. The van der Waals surface area contributed by atoms with Gasteiger partial charge in [0.25, 0.3) is 0 Å². The molecule has 1 N–H and O–H groups in total. The van der Waals surface area contributed by atoms with Crippen LogP contribution in [0.2, 0.25) is 0 Å². The zero-order valence-electron chi connectivity index (χ0n) is 16.5. The quantitative estimate of drug-likeness (QED) is 0.597. The number of carbonyl (C=O) groups is 1. The Bertz CT molecular complexity index is 1090. The van der Waals surface area contributed by atoms with E-state index >= 15 is 0 Å². The predicted molar refractivity (Wildman–Crippen MR) is 114 cm³/mol. The standard InChI is InChI=1S/C23H23NO4S/c1-17(25)24-20-11-15-22(16-12-20)29(26,27)28-21-13-9-19(10-14-21)23(2,3)18-7-5-4-6-8-18/h4-16H,1-3H3,(H,24,25). The Morgan fingerprint density at radius 1 is 0.828 bits per heavy atom. The third-order valence-corrected chi connectivity index (χ3v) is 6.00. The van der Waals surface area contributed by atoms with Crippen molar-refractivity contribution in [1.82, 2.24) is 0 Å². The van der Waals surface area contributed by atoms with Gasteiger partial charge in [-0.05, 0) is 47.5 Å². The molecule has 29 heavy (non-hydrogen) atoms. The van der Waals surface area contributed by atoms with Gasteiger partial charge in [-0.15, -0.1) is 0 Å². The molecule has 0 unspecified atom stereocenters. The molecular formula is C23H23NO4S. The molecule has 0 spiro atoms. The number of hydrogen-bond acceptors (Lipinski definition) is 4. The number of anilines is 1. The average molecular weight is 410 g/mol. The highest BCUT2D eigenvalue weighted by atomic mass is 32.2. The molecule has 0 aliphatic carbocycles. The van der Waals surface area contributed by atoms with Crippen LogP contribution in [0.15, 0.2) is 83.8 Å². The molecule has 0 saturated heterocycles. The van der Waals surface area contributed by atoms with Crippen molar-refractivity contribution in [3.8, 4) is 5.75 Å². The van der Waals surface area contributed by atoms with Gasteiger partial charge in [-0.1, -0.05) is 56.3 Å². The fourth-order valence-electron chi connectivity index (χ4n) is 3.03. The lowest BCUT2D eigenvalue weighted by Crippen LogP contribution is -2.18. The van der Waals surface area contributed by atoms with Gasteiger partial charge in [-0.25, -0.2) is 0 Å². The molecule has 0 fully saturated rings. The van der Waals surface area contributed by atoms with Crippen molar-refractivity contribution in [2.45, 2.75) is 31.1 Å². The van der Waals surface area contributed by atoms with Crippen LogP contribution in [0, 0.1) is 0 Å². The van der Waals surface area contributed by atoms with E-state index in [-0.39, 0.29) is 22.0 Å². The van der Waals surface area contributed by atoms with Crippen molar-refractivity contribution in [3.63, 3.8) is 0 Å². The number of amides is 1. The zero-order chi connectivity index (χ0) is 21.1. The molecule has 0 saturated carbocycles. The number of rotatable bonds is 6. The Morgan fingerprint density at radius 2 is 1.38 bits per heavy atom. The first-order valence-corrected chi connectivity index (χ1v) is 10.6. The summed E-state index contributed by atoms with van der Waals surface area (Å²) in [5.41, 5.74) is 2.51. The lowest BCUT2D eigenvalue weighted by molar-refractivity contribution is -0.114. The largest absolute Gasteiger partial charge is 0.379 e. The molecule has 0 radical (unpaired) electrons. The molecule has 0 aromatic heterocycles. The Morgan fingerprint density at radius 3 is 1.93 bits per heavy atom. The van der Waals surface area contributed by atoms with E-state index in [4.69, 9.17) is 4.18 Å². The van der Waals surface area contributed by atoms with Crippen molar-refractivity contribution in [2.75, 3.05) is 5.32 Å². The highest BCUT2D eigenvalue weighted by molar-refractivity contribution is 7.87. The van der Waals surface area contributed by atoms with Crippen LogP contribution in [-0.4, -0.2) is 14.3 Å². The fourth-order valence-corrected chi connectivity index (χ4v) is 3.96. The van der Waals surface area contributed by atoms with Gasteiger partial charge in [0.15, 0.2) is 0 Å². The van der Waals surface area contributed by atoms with Crippen molar-refractivity contribution < 1.29 is 17.4 Å². The minimum atomic E-state index is -3.97. The maximum absolute atomic E-state index is 12.5. The molecule has 150 valence electrons. The minimum Gasteiger partial charge on any atom is -0.379 e. The first-order valence-electron chi connectivity index (χ1n) is 9.17. The van der Waals surface area contributed by atoms with Crippen molar-refractivity contribution >= 4 is 21.7 Å². The summed E-state index contributed by atoms with van der Waals surface area (Å²) in [4.78, 5) is 11.1. The first kappa shape index (κ1) is 20.6. The van der Waals surface area contributed by atoms with Crippen LogP contribution in [0.25, 0.3) is 0 Å². The third-order valence-electron chi connectivity index (χ3n) is 4.74. The van der Waals surface area contributed by atoms with Gasteiger partial charge in [-0.3, -0.25) is 4.79 Å². The van der Waals surface area contributed by atoms with Gasteiger partial charge in [0.05, 0.1) is 0 Å². The van der Waals surface area contributed by atoms with Crippen molar-refractivity contribution in [3.05, 3.63) is 90.0 Å². The Hall–Kier alpha value is -3.12. The molecule has 0 atom stereocenters. The van der Waals surface area contributed by atoms with Crippen LogP contribution in [0.4, 0.5) is 5.69 Å². The van der Waals surface area contributed by atoms with Gasteiger partial charge in [0.2, 0.25) is 5.91 Å². The van der Waals surface area contributed by atoms with E-state index in [2.05, 4.69) is 31.3 Å². The van der Waals surface area contributed by atoms with E-state index in [1.165, 1.54) is 36.8 Å². The van der Waals surface area contributed by atoms with Gasteiger partial charge in [0, 0.05) is 18.0 Å². The van der Waals surface area contributed by atoms with E-state index in [0.29, 0.717) is 5.69 Å². The molecule has 3 rings (SSSR count). The summed E-state index contributed by atoms with van der Waals surface area (Å²) in [5, 5.41) is 2.59. The molecule has 0 aliphatic rings. The minimum absolute atomic E-state index is 0.0142. The number of hydrogen-bond donors (Lipinski definition) is 1. The van der Waals surface area contributed by atoms with Gasteiger partial charge in [0.1, 0.15) is 10.6 Å². The lowest BCUT2D eigenvalue weighted by Gasteiger charge is -2.26. The summed E-state index contributed by atoms with van der Waals surface area (Å²) in [6.07, 6.45) is 0. The summed E-state index contributed by atoms with van der Waals surface area (Å²) < 4.78 is 30.3. The predicted octanol–water partition coefficient (Wildman–Crippen LogP) is 4.74. The molecule has 3 aromatic carbocycles. The lowest BCUT2D eigenvalue weighted by atomic mass is 9.78. The van der Waals surface area contributed by atoms with E-state index in [1.54, 1.807) is 12.1 Å². The van der Waals surface area contributed by atoms with Crippen LogP contribution in [0.3, 0.4) is 0 Å². The second-order valence-corrected chi connectivity index (χ2v) is 8.80. The Balaban J connectivity index is 1.77. The van der Waals surface area contributed by atoms with Crippen molar-refractivity contribution in [1.29, 1.82) is 0 Å². The number of nitrogens with one attached hydrogen (secondary N) is 1. The molecule has 1 amide bonds. The molecule has 5 nitrogen and oxygen atoms in total. The first-order chi connectivity index (χ1) is 13.7. The van der Waals surface area contributed by atoms with E-state index in [1.807, 2.05) is 30.3 Å². The molecule has 6 heteroatoms. The molecule has 0 heterocycles. The summed E-state index contributed by atoms with van der Waals surface area (Å²) in [6.45, 7) is 5.62. The van der Waals surface area contributed by atoms with Crippen molar-refractivity contribution in [2.24, 2.45) is 0 Å². The van der Waals surface area contributed by atoms with E-state index in [0.717, 1.165) is 5.56 Å². The second-order valence-electron chi connectivity index (χ2n) is 7.26. The molecule has 0 aliphatic heterocycles. The summed E-state index contributed by atoms with van der Waals surface area (Å²) >= 11 is 0. The maximum Gasteiger partial charge on any atom is 0.339 e. The number of carbonyl (C=O) groups excluding carboxylic acids is 1. The third kappa shape index (κ3) is 4.84. The second kappa shape index (κ2) is 8.09. The monoisotopic (exact) mass is 409 g/mol. The number of benzene rings is 3. The van der Waals surface area contributed by atoms with E-state index < -0.39 is 10.1 Å². The van der Waals surface area contributed by atoms with Crippen LogP contribution in [0.5, 0.6) is 5.75 Å². The molecule has 0 bridgehead atoms. The fraction of sp³-hybridized carbons (Fsp3) is 0.174. The van der Waals surface area contributed by atoms with Gasteiger partial charge < -0.3 is 9.50 Å². The van der Waals surface area contributed by atoms with Crippen LogP contribution in [0.1, 0.15) is 31.9 Å². The molecular weight excluding hydrogens is 386 g/mol. The van der Waals surface area contributed by atoms with E-state index in [9.17, 15) is 13.2 Å². The zero-order valence-corrected chi connectivity index (χ0v) is 17.4. The smallest absolute Gasteiger partial charge is 0.339 e. The highest BCUT2D eigenvalue weighted by Gasteiger charge is 2.23.